The average Bonchev–Trinajstić information content (AvgIpc) is 2.61. The summed E-state index contributed by atoms with van der Waals surface area (Å²) in [5, 5.41) is 2.55. The molecule has 0 aliphatic heterocycles. The summed E-state index contributed by atoms with van der Waals surface area (Å²) in [7, 11) is -3.57. The first-order valence-corrected chi connectivity index (χ1v) is 10.2. The molecule has 1 saturated carbocycles. The highest BCUT2D eigenvalue weighted by atomic mass is 32.2. The van der Waals surface area contributed by atoms with Crippen LogP contribution in [0, 0.1) is 0 Å². The van der Waals surface area contributed by atoms with E-state index in [1.807, 2.05) is 0 Å². The molecule has 0 spiro atoms. The van der Waals surface area contributed by atoms with Crippen LogP contribution in [0.3, 0.4) is 0 Å². The van der Waals surface area contributed by atoms with Crippen molar-refractivity contribution < 1.29 is 22.7 Å². The van der Waals surface area contributed by atoms with Gasteiger partial charge in [-0.1, -0.05) is 19.3 Å². The molecule has 1 fully saturated rings. The summed E-state index contributed by atoms with van der Waals surface area (Å²) in [6.45, 7) is 1.90. The van der Waals surface area contributed by atoms with Gasteiger partial charge in [0.15, 0.2) is 0 Å². The third-order valence-electron chi connectivity index (χ3n) is 4.02. The van der Waals surface area contributed by atoms with Crippen molar-refractivity contribution in [1.29, 1.82) is 0 Å². The lowest BCUT2D eigenvalue weighted by Gasteiger charge is -2.22. The largest absolute Gasteiger partial charge is 0.463 e. The smallest absolute Gasteiger partial charge is 0.330 e. The minimum Gasteiger partial charge on any atom is -0.463 e. The summed E-state index contributed by atoms with van der Waals surface area (Å²) in [5.41, 5.74) is 0.431. The number of rotatable bonds is 7. The molecule has 1 aromatic rings. The lowest BCUT2D eigenvalue weighted by Crippen LogP contribution is -2.36. The van der Waals surface area contributed by atoms with Crippen molar-refractivity contribution in [3.63, 3.8) is 0 Å². The number of esters is 1. The lowest BCUT2D eigenvalue weighted by molar-refractivity contribution is -0.137. The Labute approximate surface area is 153 Å². The molecule has 2 rings (SSSR count). The molecule has 7 nitrogen and oxygen atoms in total. The predicted molar refractivity (Wildman–Crippen MR) is 98.0 cm³/mol. The predicted octanol–water partition coefficient (Wildman–Crippen LogP) is 2.36. The fourth-order valence-corrected chi connectivity index (χ4v) is 4.05. The van der Waals surface area contributed by atoms with E-state index in [0.717, 1.165) is 44.3 Å². The maximum atomic E-state index is 12.4. The Kier molecular flexibility index (Phi) is 7.35. The van der Waals surface area contributed by atoms with Crippen molar-refractivity contribution in [1.82, 2.24) is 4.72 Å². The van der Waals surface area contributed by atoms with Gasteiger partial charge < -0.3 is 10.1 Å². The summed E-state index contributed by atoms with van der Waals surface area (Å²) in [6, 6.07) is 5.88. The van der Waals surface area contributed by atoms with Crippen LogP contribution in [0.5, 0.6) is 0 Å². The quantitative estimate of drug-likeness (QED) is 0.558. The van der Waals surface area contributed by atoms with E-state index in [4.69, 9.17) is 0 Å². The molecule has 1 aromatic carbocycles. The molecule has 1 aliphatic rings. The molecule has 26 heavy (non-hydrogen) atoms. The van der Waals surface area contributed by atoms with Crippen LogP contribution in [0.25, 0.3) is 0 Å². The molecule has 0 saturated heterocycles. The zero-order chi connectivity index (χ0) is 19.0. The Bertz CT molecular complexity index is 750. The monoisotopic (exact) mass is 380 g/mol. The van der Waals surface area contributed by atoms with Crippen molar-refractivity contribution >= 4 is 27.6 Å². The number of benzene rings is 1. The molecule has 0 unspecified atom stereocenters. The van der Waals surface area contributed by atoms with Crippen LogP contribution in [-0.2, 0) is 24.3 Å². The number of sulfonamides is 1. The number of carbonyl (C=O) groups excluding carboxylic acids is 2. The van der Waals surface area contributed by atoms with Crippen molar-refractivity contribution in [3.05, 3.63) is 36.4 Å². The van der Waals surface area contributed by atoms with Crippen LogP contribution in [0.15, 0.2) is 41.3 Å². The first kappa shape index (κ1) is 20.1. The Morgan fingerprint density at radius 3 is 2.38 bits per heavy atom. The van der Waals surface area contributed by atoms with Crippen LogP contribution in [0.2, 0.25) is 0 Å². The standard InChI is InChI=1S/C18H24N2O5S/c1-2-25-18(22)13-12-17(21)19-14-8-10-16(11-9-14)26(23,24)20-15-6-4-3-5-7-15/h8-13,15,20H,2-7H2,1H3,(H,19,21)/b13-12-. The normalized spacial score (nSPS) is 15.7. The minimum absolute atomic E-state index is 0.0128. The van der Waals surface area contributed by atoms with E-state index in [0.29, 0.717) is 5.69 Å². The zero-order valence-electron chi connectivity index (χ0n) is 14.7. The summed E-state index contributed by atoms with van der Waals surface area (Å²) in [4.78, 5) is 23.0. The van der Waals surface area contributed by atoms with Gasteiger partial charge >= 0.3 is 5.97 Å². The Balaban J connectivity index is 1.94. The second-order valence-electron chi connectivity index (χ2n) is 6.06. The Hall–Kier alpha value is -2.19. The maximum absolute atomic E-state index is 12.4. The SMILES string of the molecule is CCOC(=O)/C=C\C(=O)Nc1ccc(S(=O)(=O)NC2CCCCC2)cc1. The number of hydrogen-bond acceptors (Lipinski definition) is 5. The van der Waals surface area contributed by atoms with E-state index in [-0.39, 0.29) is 17.5 Å². The number of amides is 1. The summed E-state index contributed by atoms with van der Waals surface area (Å²) in [5.74, 6) is -1.10. The lowest BCUT2D eigenvalue weighted by atomic mass is 9.96. The fraction of sp³-hybridized carbons (Fsp3) is 0.444. The summed E-state index contributed by atoms with van der Waals surface area (Å²) < 4.78 is 32.2. The van der Waals surface area contributed by atoms with E-state index in [9.17, 15) is 18.0 Å². The van der Waals surface area contributed by atoms with Crippen LogP contribution < -0.4 is 10.0 Å². The van der Waals surface area contributed by atoms with Gasteiger partial charge in [-0.15, -0.1) is 0 Å². The van der Waals surface area contributed by atoms with E-state index >= 15 is 0 Å². The molecule has 142 valence electrons. The first-order valence-electron chi connectivity index (χ1n) is 8.69. The Morgan fingerprint density at radius 1 is 1.12 bits per heavy atom. The number of anilines is 1. The second kappa shape index (κ2) is 9.49. The highest BCUT2D eigenvalue weighted by molar-refractivity contribution is 7.89. The highest BCUT2D eigenvalue weighted by Gasteiger charge is 2.21. The number of ether oxygens (including phenoxy) is 1. The van der Waals surface area contributed by atoms with Crippen LogP contribution in [-0.4, -0.2) is 32.9 Å². The average molecular weight is 380 g/mol. The summed E-state index contributed by atoms with van der Waals surface area (Å²) >= 11 is 0. The van der Waals surface area contributed by atoms with E-state index in [2.05, 4.69) is 14.8 Å². The fourth-order valence-electron chi connectivity index (χ4n) is 2.74. The summed E-state index contributed by atoms with van der Waals surface area (Å²) in [6.07, 6.45) is 7.05. The minimum atomic E-state index is -3.57. The Morgan fingerprint density at radius 2 is 1.77 bits per heavy atom. The van der Waals surface area contributed by atoms with Crippen LogP contribution in [0.4, 0.5) is 5.69 Å². The molecular weight excluding hydrogens is 356 g/mol. The molecule has 0 radical (unpaired) electrons. The van der Waals surface area contributed by atoms with Gasteiger partial charge in [-0.2, -0.15) is 0 Å². The molecule has 1 amide bonds. The number of carbonyl (C=O) groups is 2. The van der Waals surface area contributed by atoms with Crippen molar-refractivity contribution in [2.45, 2.75) is 50.0 Å². The molecular formula is C18H24N2O5S. The highest BCUT2D eigenvalue weighted by Crippen LogP contribution is 2.20. The van der Waals surface area contributed by atoms with E-state index < -0.39 is 21.9 Å². The number of hydrogen-bond donors (Lipinski definition) is 2. The van der Waals surface area contributed by atoms with Crippen molar-refractivity contribution in [3.8, 4) is 0 Å². The molecule has 0 aromatic heterocycles. The van der Waals surface area contributed by atoms with Gasteiger partial charge in [0, 0.05) is 23.9 Å². The van der Waals surface area contributed by atoms with Gasteiger partial charge in [0.1, 0.15) is 0 Å². The molecule has 1 aliphatic carbocycles. The molecule has 0 heterocycles. The second-order valence-corrected chi connectivity index (χ2v) is 7.77. The number of nitrogens with one attached hydrogen (secondary N) is 2. The molecule has 0 atom stereocenters. The van der Waals surface area contributed by atoms with E-state index in [1.54, 1.807) is 6.92 Å². The van der Waals surface area contributed by atoms with Crippen LogP contribution >= 0.6 is 0 Å². The van der Waals surface area contributed by atoms with Crippen LogP contribution in [0.1, 0.15) is 39.0 Å². The van der Waals surface area contributed by atoms with Gasteiger partial charge in [-0.25, -0.2) is 17.9 Å². The van der Waals surface area contributed by atoms with Gasteiger partial charge in [0.25, 0.3) is 0 Å². The molecule has 2 N–H and O–H groups in total. The third kappa shape index (κ3) is 6.27. The van der Waals surface area contributed by atoms with Gasteiger partial charge in [0.05, 0.1) is 11.5 Å². The van der Waals surface area contributed by atoms with E-state index in [1.165, 1.54) is 24.3 Å². The van der Waals surface area contributed by atoms with Gasteiger partial charge in [-0.3, -0.25) is 4.79 Å². The topological polar surface area (TPSA) is 102 Å². The maximum Gasteiger partial charge on any atom is 0.330 e. The zero-order valence-corrected chi connectivity index (χ0v) is 15.6. The van der Waals surface area contributed by atoms with Crippen molar-refractivity contribution in [2.24, 2.45) is 0 Å². The third-order valence-corrected chi connectivity index (χ3v) is 5.55. The molecule has 8 heteroatoms. The van der Waals surface area contributed by atoms with Gasteiger partial charge in [0.2, 0.25) is 15.9 Å². The molecule has 0 bridgehead atoms. The van der Waals surface area contributed by atoms with Gasteiger partial charge in [-0.05, 0) is 44.0 Å². The first-order chi connectivity index (χ1) is 12.4. The van der Waals surface area contributed by atoms with Crippen molar-refractivity contribution in [2.75, 3.05) is 11.9 Å².